The van der Waals surface area contributed by atoms with Gasteiger partial charge in [0.05, 0.1) is 0 Å². The lowest BCUT2D eigenvalue weighted by molar-refractivity contribution is -0.595. The van der Waals surface area contributed by atoms with Gasteiger partial charge in [0.15, 0.2) is 12.3 Å². The average molecular weight is 341 g/mol. The Labute approximate surface area is 146 Å². The normalized spacial score (nSPS) is 10.0. The van der Waals surface area contributed by atoms with Crippen molar-refractivity contribution in [3.63, 3.8) is 0 Å². The first-order valence-electron chi connectivity index (χ1n) is 7.40. The molecular formula is C19H17ClN2O2. The van der Waals surface area contributed by atoms with Gasteiger partial charge in [0, 0.05) is 11.1 Å². The summed E-state index contributed by atoms with van der Waals surface area (Å²) in [6.07, 6.45) is 5.62. The third-order valence-electron chi connectivity index (χ3n) is 3.69. The maximum Gasteiger partial charge on any atom is 0.249 e. The van der Waals surface area contributed by atoms with Crippen LogP contribution in [0.3, 0.4) is 0 Å². The highest BCUT2D eigenvalue weighted by atomic mass is 35.5. The highest BCUT2D eigenvalue weighted by molar-refractivity contribution is 5.95. The van der Waals surface area contributed by atoms with Crippen molar-refractivity contribution >= 4 is 11.6 Å². The summed E-state index contributed by atoms with van der Waals surface area (Å²) in [6.45, 7) is 1.84. The minimum absolute atomic E-state index is 0. The highest BCUT2D eigenvalue weighted by Gasteiger charge is 2.12. The van der Waals surface area contributed by atoms with Crippen LogP contribution in [0.2, 0.25) is 0 Å². The first-order chi connectivity index (χ1) is 11.1. The quantitative estimate of drug-likeness (QED) is 0.479. The van der Waals surface area contributed by atoms with Crippen molar-refractivity contribution in [2.45, 2.75) is 13.5 Å². The number of hydrogen-bond donors (Lipinski definition) is 0. The molecule has 0 amide bonds. The largest absolute Gasteiger partial charge is 1.00 e. The molecule has 5 heteroatoms. The molecule has 0 atom stereocenters. The van der Waals surface area contributed by atoms with Gasteiger partial charge < -0.3 is 12.4 Å². The van der Waals surface area contributed by atoms with Crippen molar-refractivity contribution in [1.29, 1.82) is 0 Å². The van der Waals surface area contributed by atoms with E-state index in [4.69, 9.17) is 0 Å². The molecule has 4 nitrogen and oxygen atoms in total. The molecular weight excluding hydrogens is 324 g/mol. The second-order valence-corrected chi connectivity index (χ2v) is 5.39. The summed E-state index contributed by atoms with van der Waals surface area (Å²) in [5.41, 5.74) is 2.34. The monoisotopic (exact) mass is 340 g/mol. The lowest BCUT2D eigenvalue weighted by atomic mass is 10.1. The summed E-state index contributed by atoms with van der Waals surface area (Å²) >= 11 is 0. The average Bonchev–Trinajstić information content (AvgIpc) is 3.04. The molecule has 0 aliphatic carbocycles. The van der Waals surface area contributed by atoms with Gasteiger partial charge in [-0.2, -0.15) is 0 Å². The third-order valence-corrected chi connectivity index (χ3v) is 3.69. The van der Waals surface area contributed by atoms with Crippen LogP contribution in [-0.2, 0) is 6.54 Å². The maximum atomic E-state index is 12.2. The second kappa shape index (κ2) is 7.70. The van der Waals surface area contributed by atoms with Crippen LogP contribution in [0.25, 0.3) is 5.69 Å². The Balaban J connectivity index is 0.00000208. The van der Waals surface area contributed by atoms with Gasteiger partial charge in [-0.3, -0.25) is 9.59 Å². The zero-order valence-corrected chi connectivity index (χ0v) is 14.0. The lowest BCUT2D eigenvalue weighted by Gasteiger charge is -1.99. The number of nitrogens with zero attached hydrogens (tertiary/aromatic N) is 2. The molecule has 0 saturated carbocycles. The molecule has 0 aliphatic heterocycles. The van der Waals surface area contributed by atoms with E-state index < -0.39 is 0 Å². The van der Waals surface area contributed by atoms with Gasteiger partial charge in [-0.1, -0.05) is 30.3 Å². The Morgan fingerprint density at radius 1 is 0.958 bits per heavy atom. The zero-order valence-electron chi connectivity index (χ0n) is 13.2. The number of Topliss-reactive ketones (excluding diaryl/α,β-unsaturated/α-hetero) is 2. The zero-order chi connectivity index (χ0) is 16.2. The van der Waals surface area contributed by atoms with Crippen LogP contribution in [0.5, 0.6) is 0 Å². The van der Waals surface area contributed by atoms with Gasteiger partial charge in [0.25, 0.3) is 0 Å². The van der Waals surface area contributed by atoms with Gasteiger partial charge >= 0.3 is 0 Å². The van der Waals surface area contributed by atoms with Crippen molar-refractivity contribution in [2.75, 3.05) is 0 Å². The summed E-state index contributed by atoms with van der Waals surface area (Å²) in [5, 5.41) is 0. The SMILES string of the molecule is CC(=O)c1ccc(-[n+]2ccn(CC(=O)c3ccccc3)c2)cc1.[Cl-]. The molecule has 0 saturated heterocycles. The fourth-order valence-corrected chi connectivity index (χ4v) is 2.39. The van der Waals surface area contributed by atoms with Crippen molar-refractivity contribution in [3.8, 4) is 5.69 Å². The summed E-state index contributed by atoms with van der Waals surface area (Å²) in [5.74, 6) is 0.118. The number of carbonyl (C=O) groups is 2. The molecule has 0 unspecified atom stereocenters. The van der Waals surface area contributed by atoms with Crippen molar-refractivity contribution < 1.29 is 26.6 Å². The second-order valence-electron chi connectivity index (χ2n) is 5.39. The summed E-state index contributed by atoms with van der Waals surface area (Å²) in [6, 6.07) is 16.6. The molecule has 24 heavy (non-hydrogen) atoms. The predicted molar refractivity (Wildman–Crippen MR) is 86.7 cm³/mol. The molecule has 2 aromatic carbocycles. The Bertz CT molecular complexity index is 839. The van der Waals surface area contributed by atoms with Gasteiger partial charge in [-0.25, -0.2) is 9.13 Å². The van der Waals surface area contributed by atoms with Crippen LogP contribution in [0.4, 0.5) is 0 Å². The molecule has 1 heterocycles. The fraction of sp³-hybridized carbons (Fsp3) is 0.105. The smallest absolute Gasteiger partial charge is 0.249 e. The summed E-state index contributed by atoms with van der Waals surface area (Å²) < 4.78 is 3.76. The first-order valence-corrected chi connectivity index (χ1v) is 7.40. The van der Waals surface area contributed by atoms with Crippen LogP contribution >= 0.6 is 0 Å². The van der Waals surface area contributed by atoms with Crippen molar-refractivity contribution in [3.05, 3.63) is 84.4 Å². The molecule has 0 bridgehead atoms. The topological polar surface area (TPSA) is 43.0 Å². The number of ketones is 2. The number of benzene rings is 2. The van der Waals surface area contributed by atoms with Crippen molar-refractivity contribution in [2.24, 2.45) is 0 Å². The lowest BCUT2D eigenvalue weighted by Crippen LogP contribution is -3.00. The van der Waals surface area contributed by atoms with Gasteiger partial charge in [0.1, 0.15) is 18.1 Å². The van der Waals surface area contributed by atoms with E-state index in [0.717, 1.165) is 5.69 Å². The van der Waals surface area contributed by atoms with E-state index in [1.54, 1.807) is 19.1 Å². The Morgan fingerprint density at radius 2 is 1.62 bits per heavy atom. The van der Waals surface area contributed by atoms with Crippen LogP contribution in [0, 0.1) is 0 Å². The highest BCUT2D eigenvalue weighted by Crippen LogP contribution is 2.06. The van der Waals surface area contributed by atoms with E-state index in [-0.39, 0.29) is 24.0 Å². The molecule has 0 fully saturated rings. The molecule has 3 rings (SSSR count). The Kier molecular flexibility index (Phi) is 5.66. The number of rotatable bonds is 5. The Morgan fingerprint density at radius 3 is 2.25 bits per heavy atom. The molecule has 122 valence electrons. The minimum atomic E-state index is 0. The van der Waals surface area contributed by atoms with Gasteiger partial charge in [0.2, 0.25) is 12.1 Å². The van der Waals surface area contributed by atoms with Crippen LogP contribution < -0.4 is 17.0 Å². The number of halogens is 1. The number of aromatic nitrogens is 2. The van der Waals surface area contributed by atoms with E-state index >= 15 is 0 Å². The summed E-state index contributed by atoms with van der Waals surface area (Å²) in [4.78, 5) is 23.5. The fourth-order valence-electron chi connectivity index (χ4n) is 2.39. The van der Waals surface area contributed by atoms with Crippen LogP contribution in [0.1, 0.15) is 27.6 Å². The van der Waals surface area contributed by atoms with E-state index in [0.29, 0.717) is 17.7 Å². The molecule has 3 aromatic rings. The molecule has 1 aromatic heterocycles. The minimum Gasteiger partial charge on any atom is -1.00 e. The van der Waals surface area contributed by atoms with E-state index in [9.17, 15) is 9.59 Å². The van der Waals surface area contributed by atoms with Crippen molar-refractivity contribution in [1.82, 2.24) is 4.57 Å². The van der Waals surface area contributed by atoms with E-state index in [2.05, 4.69) is 0 Å². The molecule has 0 spiro atoms. The predicted octanol–water partition coefficient (Wildman–Crippen LogP) is -0.146. The maximum absolute atomic E-state index is 12.2. The number of imidazole rings is 1. The molecule has 0 radical (unpaired) electrons. The van der Waals surface area contributed by atoms with Gasteiger partial charge in [-0.05, 0) is 31.2 Å². The van der Waals surface area contributed by atoms with E-state index in [1.165, 1.54) is 0 Å². The van der Waals surface area contributed by atoms with Crippen LogP contribution in [0.15, 0.2) is 73.3 Å². The Hall–Kier alpha value is -2.72. The third kappa shape index (κ3) is 3.97. The van der Waals surface area contributed by atoms with E-state index in [1.807, 2.05) is 70.3 Å². The number of carbonyl (C=O) groups excluding carboxylic acids is 2. The first kappa shape index (κ1) is 17.6. The molecule has 0 N–H and O–H groups in total. The van der Waals surface area contributed by atoms with Gasteiger partial charge in [-0.15, -0.1) is 0 Å². The standard InChI is InChI=1S/C19H17N2O2.ClH/c1-15(22)16-7-9-18(10-8-16)21-12-11-20(14-21)13-19(23)17-5-3-2-4-6-17;/h2-12,14H,13H2,1H3;1H/q+1;/p-1. The molecule has 0 aliphatic rings. The summed E-state index contributed by atoms with van der Waals surface area (Å²) in [7, 11) is 0. The number of hydrogen-bond acceptors (Lipinski definition) is 2. The van der Waals surface area contributed by atoms with Crippen LogP contribution in [-0.4, -0.2) is 16.1 Å².